The summed E-state index contributed by atoms with van der Waals surface area (Å²) in [7, 11) is 0. The SMILES string of the molecule is Brc1cc(NCC2CN3CCCC3CO2)ncn1. The fraction of sp³-hybridized carbons (Fsp3) is 0.667. The molecule has 0 spiro atoms. The molecule has 1 N–H and O–H groups in total. The molecule has 2 unspecified atom stereocenters. The van der Waals surface area contributed by atoms with E-state index in [1.807, 2.05) is 6.07 Å². The number of anilines is 1. The van der Waals surface area contributed by atoms with Crippen molar-refractivity contribution in [2.24, 2.45) is 0 Å². The van der Waals surface area contributed by atoms with Gasteiger partial charge in [0.25, 0.3) is 0 Å². The number of ether oxygens (including phenoxy) is 1. The molecule has 0 amide bonds. The predicted molar refractivity (Wildman–Crippen MR) is 72.6 cm³/mol. The monoisotopic (exact) mass is 312 g/mol. The van der Waals surface area contributed by atoms with E-state index >= 15 is 0 Å². The van der Waals surface area contributed by atoms with Gasteiger partial charge in [-0.15, -0.1) is 0 Å². The van der Waals surface area contributed by atoms with E-state index in [0.717, 1.165) is 30.1 Å². The van der Waals surface area contributed by atoms with Gasteiger partial charge < -0.3 is 10.1 Å². The lowest BCUT2D eigenvalue weighted by atomic mass is 10.2. The number of morpholine rings is 1. The molecule has 2 atom stereocenters. The van der Waals surface area contributed by atoms with Crippen molar-refractivity contribution in [2.75, 3.05) is 31.6 Å². The number of nitrogens with one attached hydrogen (secondary N) is 1. The van der Waals surface area contributed by atoms with E-state index in [1.54, 1.807) is 6.33 Å². The van der Waals surface area contributed by atoms with Crippen LogP contribution in [0, 0.1) is 0 Å². The molecule has 3 heterocycles. The summed E-state index contributed by atoms with van der Waals surface area (Å²) < 4.78 is 6.68. The largest absolute Gasteiger partial charge is 0.373 e. The number of nitrogens with zero attached hydrogens (tertiary/aromatic N) is 3. The van der Waals surface area contributed by atoms with Gasteiger partial charge in [0.05, 0.1) is 12.7 Å². The Kier molecular flexibility index (Phi) is 3.77. The van der Waals surface area contributed by atoms with E-state index < -0.39 is 0 Å². The first-order valence-electron chi connectivity index (χ1n) is 6.38. The molecular weight excluding hydrogens is 296 g/mol. The summed E-state index contributed by atoms with van der Waals surface area (Å²) in [6.07, 6.45) is 4.41. The van der Waals surface area contributed by atoms with E-state index in [0.29, 0.717) is 6.04 Å². The van der Waals surface area contributed by atoms with Gasteiger partial charge in [-0.2, -0.15) is 0 Å². The van der Waals surface area contributed by atoms with Crippen LogP contribution in [0.1, 0.15) is 12.8 Å². The molecular formula is C12H17BrN4O. The lowest BCUT2D eigenvalue weighted by Crippen LogP contribution is -2.48. The van der Waals surface area contributed by atoms with Gasteiger partial charge in [0.15, 0.2) is 0 Å². The molecule has 3 rings (SSSR count). The van der Waals surface area contributed by atoms with Crippen LogP contribution in [-0.2, 0) is 4.74 Å². The third-order valence-electron chi connectivity index (χ3n) is 3.61. The second-order valence-electron chi connectivity index (χ2n) is 4.85. The third kappa shape index (κ3) is 2.81. The lowest BCUT2D eigenvalue weighted by Gasteiger charge is -2.35. The summed E-state index contributed by atoms with van der Waals surface area (Å²) in [5.41, 5.74) is 0. The van der Waals surface area contributed by atoms with Crippen molar-refractivity contribution < 1.29 is 4.74 Å². The highest BCUT2D eigenvalue weighted by molar-refractivity contribution is 9.10. The van der Waals surface area contributed by atoms with Gasteiger partial charge >= 0.3 is 0 Å². The average molecular weight is 313 g/mol. The fourth-order valence-electron chi connectivity index (χ4n) is 2.66. The Hall–Kier alpha value is -0.720. The first-order valence-corrected chi connectivity index (χ1v) is 7.17. The number of fused-ring (bicyclic) bond motifs is 1. The third-order valence-corrected chi connectivity index (χ3v) is 4.04. The molecule has 1 aromatic heterocycles. The molecule has 2 aliphatic rings. The number of aromatic nitrogens is 2. The van der Waals surface area contributed by atoms with Gasteiger partial charge in [-0.3, -0.25) is 4.90 Å². The van der Waals surface area contributed by atoms with Crippen molar-refractivity contribution in [1.29, 1.82) is 0 Å². The second kappa shape index (κ2) is 5.50. The zero-order chi connectivity index (χ0) is 12.4. The van der Waals surface area contributed by atoms with Crippen LogP contribution >= 0.6 is 15.9 Å². The van der Waals surface area contributed by atoms with Gasteiger partial charge in [0.2, 0.25) is 0 Å². The maximum absolute atomic E-state index is 5.88. The maximum Gasteiger partial charge on any atom is 0.130 e. The number of rotatable bonds is 3. The second-order valence-corrected chi connectivity index (χ2v) is 5.67. The Morgan fingerprint density at radius 3 is 3.33 bits per heavy atom. The van der Waals surface area contributed by atoms with Crippen molar-refractivity contribution in [2.45, 2.75) is 25.0 Å². The van der Waals surface area contributed by atoms with Crippen molar-refractivity contribution >= 4 is 21.7 Å². The topological polar surface area (TPSA) is 50.3 Å². The van der Waals surface area contributed by atoms with Crippen LogP contribution < -0.4 is 5.32 Å². The summed E-state index contributed by atoms with van der Waals surface area (Å²) >= 11 is 3.33. The van der Waals surface area contributed by atoms with Crippen molar-refractivity contribution in [1.82, 2.24) is 14.9 Å². The summed E-state index contributed by atoms with van der Waals surface area (Å²) in [6, 6.07) is 2.54. The van der Waals surface area contributed by atoms with Crippen LogP contribution in [0.25, 0.3) is 0 Å². The summed E-state index contributed by atoms with van der Waals surface area (Å²) in [6.45, 7) is 3.93. The van der Waals surface area contributed by atoms with E-state index in [1.165, 1.54) is 19.4 Å². The number of hydrogen-bond acceptors (Lipinski definition) is 5. The van der Waals surface area contributed by atoms with E-state index in [-0.39, 0.29) is 6.10 Å². The van der Waals surface area contributed by atoms with Crippen LogP contribution in [0.3, 0.4) is 0 Å². The molecule has 0 aromatic carbocycles. The molecule has 0 radical (unpaired) electrons. The van der Waals surface area contributed by atoms with Crippen LogP contribution in [0.4, 0.5) is 5.82 Å². The van der Waals surface area contributed by atoms with Crippen LogP contribution in [0.15, 0.2) is 17.0 Å². The smallest absolute Gasteiger partial charge is 0.130 e. The molecule has 18 heavy (non-hydrogen) atoms. The molecule has 2 saturated heterocycles. The zero-order valence-electron chi connectivity index (χ0n) is 10.2. The van der Waals surface area contributed by atoms with Crippen molar-refractivity contribution in [3.05, 3.63) is 17.0 Å². The summed E-state index contributed by atoms with van der Waals surface area (Å²) in [5.74, 6) is 0.837. The molecule has 0 saturated carbocycles. The van der Waals surface area contributed by atoms with Gasteiger partial charge in [0, 0.05) is 25.2 Å². The maximum atomic E-state index is 5.88. The highest BCUT2D eigenvalue weighted by Crippen LogP contribution is 2.22. The molecule has 6 heteroatoms. The summed E-state index contributed by atoms with van der Waals surface area (Å²) in [5, 5.41) is 3.30. The first-order chi connectivity index (χ1) is 8.81. The quantitative estimate of drug-likeness (QED) is 0.858. The van der Waals surface area contributed by atoms with E-state index in [9.17, 15) is 0 Å². The van der Waals surface area contributed by atoms with Gasteiger partial charge in [0.1, 0.15) is 16.7 Å². The highest BCUT2D eigenvalue weighted by Gasteiger charge is 2.31. The lowest BCUT2D eigenvalue weighted by molar-refractivity contribution is -0.0416. The predicted octanol–water partition coefficient (Wildman–Crippen LogP) is 1.51. The molecule has 2 fully saturated rings. The minimum Gasteiger partial charge on any atom is -0.373 e. The Morgan fingerprint density at radius 1 is 1.50 bits per heavy atom. The van der Waals surface area contributed by atoms with E-state index in [2.05, 4.69) is 36.1 Å². The molecule has 98 valence electrons. The van der Waals surface area contributed by atoms with Crippen molar-refractivity contribution in [3.8, 4) is 0 Å². The Morgan fingerprint density at radius 2 is 2.44 bits per heavy atom. The van der Waals surface area contributed by atoms with E-state index in [4.69, 9.17) is 4.74 Å². The zero-order valence-corrected chi connectivity index (χ0v) is 11.8. The molecule has 1 aromatic rings. The minimum absolute atomic E-state index is 0.257. The molecule has 5 nitrogen and oxygen atoms in total. The molecule has 0 bridgehead atoms. The van der Waals surface area contributed by atoms with Gasteiger partial charge in [-0.1, -0.05) is 0 Å². The number of hydrogen-bond donors (Lipinski definition) is 1. The fourth-order valence-corrected chi connectivity index (χ4v) is 2.97. The van der Waals surface area contributed by atoms with Crippen LogP contribution in [-0.4, -0.2) is 53.3 Å². The van der Waals surface area contributed by atoms with Crippen LogP contribution in [0.2, 0.25) is 0 Å². The van der Waals surface area contributed by atoms with Crippen molar-refractivity contribution in [3.63, 3.8) is 0 Å². The normalized spacial score (nSPS) is 28.1. The highest BCUT2D eigenvalue weighted by atomic mass is 79.9. The van der Waals surface area contributed by atoms with Gasteiger partial charge in [-0.25, -0.2) is 9.97 Å². The van der Waals surface area contributed by atoms with Crippen LogP contribution in [0.5, 0.6) is 0 Å². The Labute approximate surface area is 115 Å². The average Bonchev–Trinajstić information content (AvgIpc) is 2.84. The number of halogens is 1. The Bertz CT molecular complexity index is 417. The Balaban J connectivity index is 1.51. The molecule has 0 aliphatic carbocycles. The standard InChI is InChI=1S/C12H17BrN4O/c13-11-4-12(16-8-15-11)14-5-10-6-17-3-1-2-9(17)7-18-10/h4,8-10H,1-3,5-7H2,(H,14,15,16). The summed E-state index contributed by atoms with van der Waals surface area (Å²) in [4.78, 5) is 10.7. The molecule has 2 aliphatic heterocycles. The van der Waals surface area contributed by atoms with Gasteiger partial charge in [-0.05, 0) is 35.3 Å². The first kappa shape index (κ1) is 12.3. The minimum atomic E-state index is 0.257.